The summed E-state index contributed by atoms with van der Waals surface area (Å²) in [4.78, 5) is 21.9. The van der Waals surface area contributed by atoms with Gasteiger partial charge in [0.25, 0.3) is 5.91 Å². The van der Waals surface area contributed by atoms with Crippen LogP contribution in [-0.2, 0) is 11.3 Å². The van der Waals surface area contributed by atoms with Gasteiger partial charge in [-0.1, -0.05) is 0 Å². The maximum atomic E-state index is 12.6. The third kappa shape index (κ3) is 3.84. The van der Waals surface area contributed by atoms with Crippen LogP contribution in [0.1, 0.15) is 27.5 Å². The first kappa shape index (κ1) is 15.9. The molecule has 2 fully saturated rings. The van der Waals surface area contributed by atoms with Crippen molar-refractivity contribution in [2.45, 2.75) is 19.4 Å². The van der Waals surface area contributed by atoms with Gasteiger partial charge in [0.05, 0.1) is 26.0 Å². The van der Waals surface area contributed by atoms with E-state index in [1.165, 1.54) is 24.2 Å². The maximum Gasteiger partial charge on any atom is 0.265 e. The molecule has 0 saturated carbocycles. The predicted octanol–water partition coefficient (Wildman–Crippen LogP) is 0.820. The molecule has 1 amide bonds. The first-order chi connectivity index (χ1) is 10.8. The Hall–Kier alpha value is -1.02. The number of hydrogen-bond donors (Lipinski definition) is 1. The Morgan fingerprint density at radius 1 is 1.41 bits per heavy atom. The minimum Gasteiger partial charge on any atom is -0.396 e. The van der Waals surface area contributed by atoms with Crippen molar-refractivity contribution in [3.63, 3.8) is 0 Å². The molecule has 122 valence electrons. The van der Waals surface area contributed by atoms with Gasteiger partial charge in [0.15, 0.2) is 0 Å². The van der Waals surface area contributed by atoms with Crippen molar-refractivity contribution < 1.29 is 14.6 Å². The molecule has 3 rings (SSSR count). The lowest BCUT2D eigenvalue weighted by molar-refractivity contribution is 0.0733. The van der Waals surface area contributed by atoms with Crippen LogP contribution in [0.3, 0.4) is 0 Å². The second-order valence-electron chi connectivity index (χ2n) is 5.98. The first-order valence-corrected chi connectivity index (χ1v) is 8.73. The van der Waals surface area contributed by atoms with Gasteiger partial charge in [-0.25, -0.2) is 4.98 Å². The molecule has 7 heteroatoms. The highest BCUT2D eigenvalue weighted by Gasteiger charge is 2.24. The second-order valence-corrected chi connectivity index (χ2v) is 7.09. The van der Waals surface area contributed by atoms with Crippen LogP contribution in [-0.4, -0.2) is 71.8 Å². The molecule has 1 atom stereocenters. The van der Waals surface area contributed by atoms with Gasteiger partial charge >= 0.3 is 0 Å². The van der Waals surface area contributed by atoms with Gasteiger partial charge in [-0.2, -0.15) is 0 Å². The normalized spacial score (nSPS) is 23.7. The molecular weight excluding hydrogens is 302 g/mol. The molecule has 0 bridgehead atoms. The first-order valence-electron chi connectivity index (χ1n) is 7.91. The summed E-state index contributed by atoms with van der Waals surface area (Å²) in [5.41, 5.74) is 0. The highest BCUT2D eigenvalue weighted by molar-refractivity contribution is 7.13. The largest absolute Gasteiger partial charge is 0.396 e. The quantitative estimate of drug-likeness (QED) is 0.888. The fraction of sp³-hybridized carbons (Fsp3) is 0.733. The summed E-state index contributed by atoms with van der Waals surface area (Å²) >= 11 is 1.49. The standard InChI is InChI=1S/C15H23N3O3S/c19-10-12-8-18(5-6-21-11-12)15(20)13-7-16-14(22-13)9-17-3-1-2-4-17/h7,12,19H,1-6,8-11H2. The number of rotatable bonds is 4. The summed E-state index contributed by atoms with van der Waals surface area (Å²) in [5.74, 6) is 0.0116. The van der Waals surface area contributed by atoms with Gasteiger partial charge in [0.2, 0.25) is 0 Å². The molecule has 0 aliphatic carbocycles. The van der Waals surface area contributed by atoms with E-state index >= 15 is 0 Å². The number of nitrogens with zero attached hydrogens (tertiary/aromatic N) is 3. The maximum absolute atomic E-state index is 12.6. The summed E-state index contributed by atoms with van der Waals surface area (Å²) in [7, 11) is 0. The molecule has 0 spiro atoms. The van der Waals surface area contributed by atoms with E-state index in [9.17, 15) is 9.90 Å². The summed E-state index contributed by atoms with van der Waals surface area (Å²) in [6, 6.07) is 0. The van der Waals surface area contributed by atoms with Gasteiger partial charge < -0.3 is 14.7 Å². The molecule has 3 heterocycles. The number of amides is 1. The van der Waals surface area contributed by atoms with Crippen molar-refractivity contribution in [1.29, 1.82) is 0 Å². The number of hydrogen-bond acceptors (Lipinski definition) is 6. The number of likely N-dealkylation sites (tertiary alicyclic amines) is 1. The Labute approximate surface area is 134 Å². The monoisotopic (exact) mass is 325 g/mol. The van der Waals surface area contributed by atoms with Gasteiger partial charge in [-0.05, 0) is 25.9 Å². The average Bonchev–Trinajstić information content (AvgIpc) is 3.14. The fourth-order valence-electron chi connectivity index (χ4n) is 2.95. The lowest BCUT2D eigenvalue weighted by atomic mass is 10.1. The number of thiazole rings is 1. The molecule has 1 aromatic heterocycles. The Morgan fingerprint density at radius 2 is 2.23 bits per heavy atom. The Morgan fingerprint density at radius 3 is 3.00 bits per heavy atom. The number of aromatic nitrogens is 1. The summed E-state index contributed by atoms with van der Waals surface area (Å²) in [6.45, 7) is 5.33. The second kappa shape index (κ2) is 7.50. The smallest absolute Gasteiger partial charge is 0.265 e. The Balaban J connectivity index is 1.62. The number of carbonyl (C=O) groups is 1. The minimum absolute atomic E-state index is 0.00319. The van der Waals surface area contributed by atoms with Crippen LogP contribution in [0.2, 0.25) is 0 Å². The number of carbonyl (C=O) groups excluding carboxylic acids is 1. The highest BCUT2D eigenvalue weighted by Crippen LogP contribution is 2.20. The number of aliphatic hydroxyl groups is 1. The number of ether oxygens (including phenoxy) is 1. The molecule has 2 aliphatic heterocycles. The minimum atomic E-state index is 0.00319. The predicted molar refractivity (Wildman–Crippen MR) is 83.9 cm³/mol. The molecule has 6 nitrogen and oxygen atoms in total. The molecular formula is C15H23N3O3S. The van der Waals surface area contributed by atoms with Gasteiger partial charge in [-0.3, -0.25) is 9.69 Å². The number of aliphatic hydroxyl groups excluding tert-OH is 1. The molecule has 2 saturated heterocycles. The average molecular weight is 325 g/mol. The van der Waals surface area contributed by atoms with E-state index in [0.717, 1.165) is 24.6 Å². The molecule has 0 aromatic carbocycles. The van der Waals surface area contributed by atoms with Crippen LogP contribution in [0.25, 0.3) is 0 Å². The van der Waals surface area contributed by atoms with Gasteiger partial charge in [-0.15, -0.1) is 11.3 Å². The van der Waals surface area contributed by atoms with E-state index in [1.54, 1.807) is 11.1 Å². The van der Waals surface area contributed by atoms with Crippen LogP contribution in [0, 0.1) is 5.92 Å². The van der Waals surface area contributed by atoms with Crippen LogP contribution < -0.4 is 0 Å². The molecule has 0 radical (unpaired) electrons. The molecule has 1 N–H and O–H groups in total. The zero-order valence-electron chi connectivity index (χ0n) is 12.7. The van der Waals surface area contributed by atoms with Crippen LogP contribution in [0.4, 0.5) is 0 Å². The molecule has 22 heavy (non-hydrogen) atoms. The van der Waals surface area contributed by atoms with Crippen molar-refractivity contribution >= 4 is 17.2 Å². The third-order valence-corrected chi connectivity index (χ3v) is 5.18. The lowest BCUT2D eigenvalue weighted by Crippen LogP contribution is -2.36. The summed E-state index contributed by atoms with van der Waals surface area (Å²) in [5, 5.41) is 10.3. The van der Waals surface area contributed by atoms with Crippen LogP contribution in [0.15, 0.2) is 6.20 Å². The van der Waals surface area contributed by atoms with Crippen LogP contribution >= 0.6 is 11.3 Å². The third-order valence-electron chi connectivity index (χ3n) is 4.20. The van der Waals surface area contributed by atoms with E-state index in [0.29, 0.717) is 31.2 Å². The van der Waals surface area contributed by atoms with E-state index < -0.39 is 0 Å². The van der Waals surface area contributed by atoms with Gasteiger partial charge in [0.1, 0.15) is 9.88 Å². The highest BCUT2D eigenvalue weighted by atomic mass is 32.1. The zero-order valence-corrected chi connectivity index (χ0v) is 13.6. The van der Waals surface area contributed by atoms with Crippen molar-refractivity contribution in [2.24, 2.45) is 5.92 Å². The van der Waals surface area contributed by atoms with Crippen molar-refractivity contribution in [2.75, 3.05) is 46.0 Å². The van der Waals surface area contributed by atoms with E-state index in [1.807, 2.05) is 0 Å². The lowest BCUT2D eigenvalue weighted by Gasteiger charge is -2.21. The Bertz CT molecular complexity index is 502. The Kier molecular flexibility index (Phi) is 5.41. The topological polar surface area (TPSA) is 65.9 Å². The van der Waals surface area contributed by atoms with Crippen molar-refractivity contribution in [3.8, 4) is 0 Å². The molecule has 1 aromatic rings. The fourth-order valence-corrected chi connectivity index (χ4v) is 3.87. The van der Waals surface area contributed by atoms with Crippen LogP contribution in [0.5, 0.6) is 0 Å². The molecule has 2 aliphatic rings. The summed E-state index contributed by atoms with van der Waals surface area (Å²) in [6.07, 6.45) is 4.21. The van der Waals surface area contributed by atoms with E-state index in [-0.39, 0.29) is 18.4 Å². The summed E-state index contributed by atoms with van der Waals surface area (Å²) < 4.78 is 5.44. The zero-order chi connectivity index (χ0) is 15.4. The van der Waals surface area contributed by atoms with Gasteiger partial charge in [0, 0.05) is 25.6 Å². The van der Waals surface area contributed by atoms with Crippen molar-refractivity contribution in [1.82, 2.24) is 14.8 Å². The van der Waals surface area contributed by atoms with E-state index in [2.05, 4.69) is 9.88 Å². The van der Waals surface area contributed by atoms with Crippen molar-refractivity contribution in [3.05, 3.63) is 16.1 Å². The SMILES string of the molecule is O=C(c1cnc(CN2CCCC2)s1)N1CCOCC(CO)C1. The van der Waals surface area contributed by atoms with E-state index in [4.69, 9.17) is 4.74 Å². The molecule has 1 unspecified atom stereocenters.